The van der Waals surface area contributed by atoms with Gasteiger partial charge in [-0.05, 0) is 49.4 Å². The molecule has 0 aliphatic carbocycles. The van der Waals surface area contributed by atoms with Crippen LogP contribution in [-0.2, 0) is 4.79 Å². The van der Waals surface area contributed by atoms with E-state index in [-0.39, 0.29) is 23.9 Å². The Bertz CT molecular complexity index is 755. The molecule has 1 aromatic rings. The van der Waals surface area contributed by atoms with Crippen LogP contribution in [0.25, 0.3) is 0 Å². The number of nitrogens with one attached hydrogen (secondary N) is 1. The average molecular weight is 384 g/mol. The molecule has 0 saturated carbocycles. The lowest BCUT2D eigenvalue weighted by Crippen LogP contribution is -2.54. The van der Waals surface area contributed by atoms with Gasteiger partial charge in [0.05, 0.1) is 0 Å². The van der Waals surface area contributed by atoms with Crippen LogP contribution in [0.5, 0.6) is 0 Å². The van der Waals surface area contributed by atoms with Crippen molar-refractivity contribution in [2.24, 2.45) is 5.92 Å². The second kappa shape index (κ2) is 7.81. The number of piperazine rings is 1. The van der Waals surface area contributed by atoms with E-state index >= 15 is 0 Å². The number of carbonyl (C=O) groups excluding carboxylic acids is 3. The maximum atomic E-state index is 12.6. The topological polar surface area (TPSA) is 73.0 Å². The molecule has 7 nitrogen and oxygen atoms in total. The smallest absolute Gasteiger partial charge is 0.321 e. The maximum Gasteiger partial charge on any atom is 0.321 e. The van der Waals surface area contributed by atoms with Crippen LogP contribution >= 0.6 is 0 Å². The highest BCUT2D eigenvalue weighted by Gasteiger charge is 2.36. The van der Waals surface area contributed by atoms with Crippen molar-refractivity contribution in [3.05, 3.63) is 29.8 Å². The first kappa shape index (κ1) is 18.8. The predicted molar refractivity (Wildman–Crippen MR) is 106 cm³/mol. The summed E-state index contributed by atoms with van der Waals surface area (Å²) in [5.74, 6) is 0.950. The zero-order chi connectivity index (χ0) is 19.7. The molecule has 28 heavy (non-hydrogen) atoms. The molecule has 3 aliphatic heterocycles. The minimum absolute atomic E-state index is 0.0619. The van der Waals surface area contributed by atoms with Gasteiger partial charge in [-0.15, -0.1) is 0 Å². The van der Waals surface area contributed by atoms with Crippen LogP contribution in [0.15, 0.2) is 24.3 Å². The summed E-state index contributed by atoms with van der Waals surface area (Å²) in [6.45, 7) is 5.60. The minimum atomic E-state index is -0.150. The molecule has 7 heteroatoms. The molecule has 1 unspecified atom stereocenters. The Morgan fingerprint density at radius 1 is 0.964 bits per heavy atom. The van der Waals surface area contributed by atoms with Gasteiger partial charge in [-0.2, -0.15) is 0 Å². The summed E-state index contributed by atoms with van der Waals surface area (Å²) >= 11 is 0. The van der Waals surface area contributed by atoms with Gasteiger partial charge in [0, 0.05) is 56.4 Å². The number of anilines is 1. The van der Waals surface area contributed by atoms with Crippen LogP contribution in [0, 0.1) is 5.92 Å². The van der Waals surface area contributed by atoms with E-state index in [1.165, 1.54) is 0 Å². The van der Waals surface area contributed by atoms with Crippen LogP contribution in [-0.4, -0.2) is 71.3 Å². The van der Waals surface area contributed by atoms with Crippen molar-refractivity contribution in [3.63, 3.8) is 0 Å². The Labute approximate surface area is 165 Å². The lowest BCUT2D eigenvalue weighted by atomic mass is 9.98. The Morgan fingerprint density at radius 2 is 1.68 bits per heavy atom. The summed E-state index contributed by atoms with van der Waals surface area (Å²) < 4.78 is 0. The summed E-state index contributed by atoms with van der Waals surface area (Å²) in [4.78, 5) is 42.5. The molecule has 3 aliphatic rings. The maximum absolute atomic E-state index is 12.6. The van der Waals surface area contributed by atoms with Gasteiger partial charge in [-0.1, -0.05) is 6.92 Å². The van der Waals surface area contributed by atoms with Crippen LogP contribution in [0.2, 0.25) is 0 Å². The summed E-state index contributed by atoms with van der Waals surface area (Å²) in [7, 11) is 0. The molecule has 4 rings (SSSR count). The molecule has 0 aromatic heterocycles. The number of piperidine rings is 1. The zero-order valence-corrected chi connectivity index (χ0v) is 16.4. The summed E-state index contributed by atoms with van der Waals surface area (Å²) in [5.41, 5.74) is 1.34. The molecule has 0 radical (unpaired) electrons. The summed E-state index contributed by atoms with van der Waals surface area (Å²) in [6, 6.07) is 7.13. The first-order valence-corrected chi connectivity index (χ1v) is 10.3. The highest BCUT2D eigenvalue weighted by Crippen LogP contribution is 2.23. The third-order valence-corrected chi connectivity index (χ3v) is 6.24. The number of carbonyl (C=O) groups is 3. The van der Waals surface area contributed by atoms with Gasteiger partial charge in [0.1, 0.15) is 0 Å². The van der Waals surface area contributed by atoms with Crippen molar-refractivity contribution in [2.45, 2.75) is 38.6 Å². The molecule has 150 valence electrons. The predicted octanol–water partition coefficient (Wildman–Crippen LogP) is 2.40. The van der Waals surface area contributed by atoms with Crippen molar-refractivity contribution < 1.29 is 14.4 Å². The fraction of sp³-hybridized carbons (Fsp3) is 0.571. The molecule has 1 atom stereocenters. The lowest BCUT2D eigenvalue weighted by molar-refractivity contribution is -0.130. The molecule has 4 amide bonds. The number of rotatable bonds is 2. The fourth-order valence-electron chi connectivity index (χ4n) is 4.34. The number of hydrogen-bond acceptors (Lipinski definition) is 3. The lowest BCUT2D eigenvalue weighted by Gasteiger charge is -2.37. The number of likely N-dealkylation sites (tertiary alicyclic amines) is 1. The highest BCUT2D eigenvalue weighted by molar-refractivity contribution is 5.95. The normalized spacial score (nSPS) is 23.0. The molecule has 1 aromatic carbocycles. The van der Waals surface area contributed by atoms with Crippen molar-refractivity contribution in [3.8, 4) is 0 Å². The minimum Gasteiger partial charge on any atom is -0.339 e. The van der Waals surface area contributed by atoms with Crippen LogP contribution in [0.3, 0.4) is 0 Å². The number of nitrogens with zero attached hydrogens (tertiary/aromatic N) is 3. The second-order valence-corrected chi connectivity index (χ2v) is 8.21. The van der Waals surface area contributed by atoms with Gasteiger partial charge in [-0.25, -0.2) is 4.79 Å². The third kappa shape index (κ3) is 3.84. The number of hydrogen-bond donors (Lipinski definition) is 1. The van der Waals surface area contributed by atoms with E-state index in [2.05, 4.69) is 12.2 Å². The molecular formula is C21H28N4O3. The van der Waals surface area contributed by atoms with Gasteiger partial charge in [0.15, 0.2) is 0 Å². The fourth-order valence-corrected chi connectivity index (χ4v) is 4.34. The number of fused-ring (bicyclic) bond motifs is 1. The van der Waals surface area contributed by atoms with Crippen molar-refractivity contribution in [2.75, 3.05) is 38.0 Å². The largest absolute Gasteiger partial charge is 0.339 e. The summed E-state index contributed by atoms with van der Waals surface area (Å²) in [5, 5.41) is 2.91. The van der Waals surface area contributed by atoms with E-state index in [0.717, 1.165) is 32.4 Å². The first-order chi connectivity index (χ1) is 13.5. The monoisotopic (exact) mass is 384 g/mol. The number of benzene rings is 1. The Balaban J connectivity index is 1.32. The SMILES string of the molecule is CC1CCN(C(=O)c2ccc(NC(=O)N3CCN4C(=O)CCC4C3)cc2)CC1. The Hall–Kier alpha value is -2.57. The zero-order valence-electron chi connectivity index (χ0n) is 16.4. The van der Waals surface area contributed by atoms with Crippen molar-refractivity contribution in [1.82, 2.24) is 14.7 Å². The van der Waals surface area contributed by atoms with Crippen LogP contribution in [0.4, 0.5) is 10.5 Å². The number of urea groups is 1. The first-order valence-electron chi connectivity index (χ1n) is 10.3. The van der Waals surface area contributed by atoms with Crippen LogP contribution in [0.1, 0.15) is 43.0 Å². The molecule has 3 saturated heterocycles. The molecule has 1 N–H and O–H groups in total. The quantitative estimate of drug-likeness (QED) is 0.851. The molecule has 0 bridgehead atoms. The van der Waals surface area contributed by atoms with Crippen molar-refractivity contribution in [1.29, 1.82) is 0 Å². The van der Waals surface area contributed by atoms with E-state index in [1.54, 1.807) is 29.2 Å². The number of amides is 4. The molecule has 3 heterocycles. The Kier molecular flexibility index (Phi) is 5.24. The van der Waals surface area contributed by atoms with Gasteiger partial charge in [-0.3, -0.25) is 9.59 Å². The van der Waals surface area contributed by atoms with E-state index in [0.29, 0.717) is 43.2 Å². The molecule has 0 spiro atoms. The highest BCUT2D eigenvalue weighted by atomic mass is 16.2. The van der Waals surface area contributed by atoms with E-state index in [1.807, 2.05) is 9.80 Å². The van der Waals surface area contributed by atoms with E-state index in [4.69, 9.17) is 0 Å². The third-order valence-electron chi connectivity index (χ3n) is 6.24. The van der Waals surface area contributed by atoms with Gasteiger partial charge in [0.25, 0.3) is 5.91 Å². The molecular weight excluding hydrogens is 356 g/mol. The van der Waals surface area contributed by atoms with Crippen LogP contribution < -0.4 is 5.32 Å². The summed E-state index contributed by atoms with van der Waals surface area (Å²) in [6.07, 6.45) is 3.53. The second-order valence-electron chi connectivity index (χ2n) is 8.21. The van der Waals surface area contributed by atoms with Gasteiger partial charge >= 0.3 is 6.03 Å². The molecule has 3 fully saturated rings. The standard InChI is InChI=1S/C21H28N4O3/c1-15-8-10-23(11-9-15)20(27)16-2-4-17(5-3-16)22-21(28)24-12-13-25-18(14-24)6-7-19(25)26/h2-5,15,18H,6-14H2,1H3,(H,22,28). The average Bonchev–Trinajstić information content (AvgIpc) is 3.09. The van der Waals surface area contributed by atoms with E-state index < -0.39 is 0 Å². The van der Waals surface area contributed by atoms with Crippen molar-refractivity contribution >= 4 is 23.5 Å². The van der Waals surface area contributed by atoms with E-state index in [9.17, 15) is 14.4 Å². The van der Waals surface area contributed by atoms with Gasteiger partial charge < -0.3 is 20.0 Å². The Morgan fingerprint density at radius 3 is 2.39 bits per heavy atom. The van der Waals surface area contributed by atoms with Gasteiger partial charge in [0.2, 0.25) is 5.91 Å².